The highest BCUT2D eigenvalue weighted by Crippen LogP contribution is 2.26. The fourth-order valence-electron chi connectivity index (χ4n) is 1.58. The predicted molar refractivity (Wildman–Crippen MR) is 65.2 cm³/mol. The van der Waals surface area contributed by atoms with Crippen LogP contribution in [0.25, 0.3) is 0 Å². The summed E-state index contributed by atoms with van der Waals surface area (Å²) < 4.78 is 5.60. The molecule has 1 aromatic rings. The molecular formula is C14H22O. The van der Waals surface area contributed by atoms with E-state index in [0.29, 0.717) is 6.10 Å². The molecule has 0 aliphatic heterocycles. The van der Waals surface area contributed by atoms with Gasteiger partial charge in [-0.15, -0.1) is 0 Å². The first-order valence-electron chi connectivity index (χ1n) is 5.69. The summed E-state index contributed by atoms with van der Waals surface area (Å²) in [5, 5.41) is 0. The number of hydrogen-bond acceptors (Lipinski definition) is 1. The normalized spacial score (nSPS) is 12.1. The van der Waals surface area contributed by atoms with Crippen LogP contribution in [0.3, 0.4) is 0 Å². The second-order valence-electron chi connectivity index (χ2n) is 4.92. The Balaban J connectivity index is 2.52. The van der Waals surface area contributed by atoms with Gasteiger partial charge in [-0.2, -0.15) is 0 Å². The molecule has 0 unspecified atom stereocenters. The van der Waals surface area contributed by atoms with Crippen LogP contribution in [-0.2, 0) is 10.2 Å². The van der Waals surface area contributed by atoms with Crippen molar-refractivity contribution in [1.29, 1.82) is 0 Å². The summed E-state index contributed by atoms with van der Waals surface area (Å²) in [6, 6.07) is 10.6. The van der Waals surface area contributed by atoms with Crippen LogP contribution in [0.4, 0.5) is 0 Å². The molecule has 1 rings (SSSR count). The molecule has 0 radical (unpaired) electrons. The van der Waals surface area contributed by atoms with Crippen LogP contribution in [-0.4, -0.2) is 12.7 Å². The monoisotopic (exact) mass is 206 g/mol. The van der Waals surface area contributed by atoms with Gasteiger partial charge in [-0.1, -0.05) is 44.2 Å². The van der Waals surface area contributed by atoms with Crippen molar-refractivity contribution in [2.45, 2.75) is 45.6 Å². The Morgan fingerprint density at radius 1 is 1.13 bits per heavy atom. The van der Waals surface area contributed by atoms with E-state index in [-0.39, 0.29) is 5.41 Å². The zero-order valence-corrected chi connectivity index (χ0v) is 10.3. The van der Waals surface area contributed by atoms with Gasteiger partial charge in [0, 0.05) is 6.61 Å². The smallest absolute Gasteiger partial charge is 0.0518 e. The van der Waals surface area contributed by atoms with Crippen LogP contribution < -0.4 is 0 Å². The van der Waals surface area contributed by atoms with Crippen LogP contribution in [0.2, 0.25) is 0 Å². The van der Waals surface area contributed by atoms with Crippen molar-refractivity contribution in [3.8, 4) is 0 Å². The minimum absolute atomic E-state index is 0.205. The molecule has 15 heavy (non-hydrogen) atoms. The molecular weight excluding hydrogens is 184 g/mol. The van der Waals surface area contributed by atoms with Crippen molar-refractivity contribution in [1.82, 2.24) is 0 Å². The third-order valence-corrected chi connectivity index (χ3v) is 2.73. The van der Waals surface area contributed by atoms with Crippen LogP contribution in [0, 0.1) is 0 Å². The molecule has 0 atom stereocenters. The molecule has 0 bridgehead atoms. The molecule has 0 fully saturated rings. The van der Waals surface area contributed by atoms with Gasteiger partial charge in [-0.3, -0.25) is 0 Å². The largest absolute Gasteiger partial charge is 0.379 e. The third-order valence-electron chi connectivity index (χ3n) is 2.73. The van der Waals surface area contributed by atoms with Crippen LogP contribution >= 0.6 is 0 Å². The minimum Gasteiger partial charge on any atom is -0.379 e. The van der Waals surface area contributed by atoms with Crippen molar-refractivity contribution in [3.63, 3.8) is 0 Å². The molecule has 0 saturated heterocycles. The summed E-state index contributed by atoms with van der Waals surface area (Å²) >= 11 is 0. The van der Waals surface area contributed by atoms with Crippen LogP contribution in [0.1, 0.15) is 39.7 Å². The van der Waals surface area contributed by atoms with Gasteiger partial charge < -0.3 is 4.74 Å². The summed E-state index contributed by atoms with van der Waals surface area (Å²) in [7, 11) is 0. The van der Waals surface area contributed by atoms with Crippen molar-refractivity contribution < 1.29 is 4.74 Å². The average molecular weight is 206 g/mol. The lowest BCUT2D eigenvalue weighted by Crippen LogP contribution is -2.20. The van der Waals surface area contributed by atoms with Gasteiger partial charge in [0.1, 0.15) is 0 Å². The lowest BCUT2D eigenvalue weighted by atomic mass is 9.82. The van der Waals surface area contributed by atoms with Crippen LogP contribution in [0.5, 0.6) is 0 Å². The molecule has 0 aromatic heterocycles. The summed E-state index contributed by atoms with van der Waals surface area (Å²) in [6.07, 6.45) is 1.39. The summed E-state index contributed by atoms with van der Waals surface area (Å²) in [4.78, 5) is 0. The van der Waals surface area contributed by atoms with Crippen LogP contribution in [0.15, 0.2) is 30.3 Å². The third kappa shape index (κ3) is 4.05. The maximum atomic E-state index is 5.60. The highest BCUT2D eigenvalue weighted by molar-refractivity contribution is 5.23. The van der Waals surface area contributed by atoms with E-state index in [0.717, 1.165) is 13.0 Å². The molecule has 0 aliphatic rings. The van der Waals surface area contributed by atoms with E-state index < -0.39 is 0 Å². The van der Waals surface area contributed by atoms with Crippen molar-refractivity contribution in [2.75, 3.05) is 6.61 Å². The standard InChI is InChI=1S/C14H22O/c1-12(2)15-11-10-14(3,4)13-8-6-5-7-9-13/h5-9,12H,10-11H2,1-4H3. The van der Waals surface area contributed by atoms with Gasteiger partial charge in [-0.05, 0) is 31.2 Å². The molecule has 1 heteroatoms. The molecule has 0 amide bonds. The second kappa shape index (κ2) is 5.32. The lowest BCUT2D eigenvalue weighted by molar-refractivity contribution is 0.0672. The minimum atomic E-state index is 0.205. The number of ether oxygens (including phenoxy) is 1. The van der Waals surface area contributed by atoms with Gasteiger partial charge in [0.15, 0.2) is 0 Å². The summed E-state index contributed by atoms with van der Waals surface area (Å²) in [6.45, 7) is 9.53. The molecule has 0 spiro atoms. The van der Waals surface area contributed by atoms with E-state index in [2.05, 4.69) is 58.0 Å². The first-order chi connectivity index (χ1) is 7.02. The average Bonchev–Trinajstić information content (AvgIpc) is 2.18. The Morgan fingerprint density at radius 2 is 1.73 bits per heavy atom. The van der Waals surface area contributed by atoms with Crippen molar-refractivity contribution >= 4 is 0 Å². The summed E-state index contributed by atoms with van der Waals surface area (Å²) in [5.41, 5.74) is 1.59. The van der Waals surface area contributed by atoms with E-state index in [9.17, 15) is 0 Å². The zero-order chi connectivity index (χ0) is 11.3. The first kappa shape index (κ1) is 12.3. The summed E-state index contributed by atoms with van der Waals surface area (Å²) in [5.74, 6) is 0. The Labute approximate surface area is 93.5 Å². The van der Waals surface area contributed by atoms with E-state index in [1.165, 1.54) is 5.56 Å². The van der Waals surface area contributed by atoms with Crippen molar-refractivity contribution in [2.24, 2.45) is 0 Å². The Hall–Kier alpha value is -0.820. The Bertz CT molecular complexity index is 275. The molecule has 0 saturated carbocycles. The Kier molecular flexibility index (Phi) is 4.34. The van der Waals surface area contributed by atoms with E-state index in [4.69, 9.17) is 4.74 Å². The second-order valence-corrected chi connectivity index (χ2v) is 4.92. The number of benzene rings is 1. The highest BCUT2D eigenvalue weighted by atomic mass is 16.5. The number of rotatable bonds is 5. The maximum absolute atomic E-state index is 5.60. The maximum Gasteiger partial charge on any atom is 0.0518 e. The first-order valence-corrected chi connectivity index (χ1v) is 5.69. The van der Waals surface area contributed by atoms with E-state index in [1.807, 2.05) is 0 Å². The fraction of sp³-hybridized carbons (Fsp3) is 0.571. The molecule has 0 aliphatic carbocycles. The molecule has 84 valence electrons. The SMILES string of the molecule is CC(C)OCCC(C)(C)c1ccccc1. The van der Waals surface area contributed by atoms with E-state index >= 15 is 0 Å². The van der Waals surface area contributed by atoms with E-state index in [1.54, 1.807) is 0 Å². The zero-order valence-electron chi connectivity index (χ0n) is 10.3. The van der Waals surface area contributed by atoms with Gasteiger partial charge in [0.2, 0.25) is 0 Å². The molecule has 1 aromatic carbocycles. The lowest BCUT2D eigenvalue weighted by Gasteiger charge is -2.25. The fourth-order valence-corrected chi connectivity index (χ4v) is 1.58. The Morgan fingerprint density at radius 3 is 2.27 bits per heavy atom. The quantitative estimate of drug-likeness (QED) is 0.712. The van der Waals surface area contributed by atoms with Gasteiger partial charge >= 0.3 is 0 Å². The topological polar surface area (TPSA) is 9.23 Å². The molecule has 1 nitrogen and oxygen atoms in total. The van der Waals surface area contributed by atoms with Gasteiger partial charge in [0.05, 0.1) is 6.10 Å². The highest BCUT2D eigenvalue weighted by Gasteiger charge is 2.19. The van der Waals surface area contributed by atoms with Crippen molar-refractivity contribution in [3.05, 3.63) is 35.9 Å². The van der Waals surface area contributed by atoms with Gasteiger partial charge in [0.25, 0.3) is 0 Å². The molecule has 0 heterocycles. The molecule has 0 N–H and O–H groups in total. The number of hydrogen-bond donors (Lipinski definition) is 0. The predicted octanol–water partition coefficient (Wildman–Crippen LogP) is 3.78. The van der Waals surface area contributed by atoms with Gasteiger partial charge in [-0.25, -0.2) is 0 Å².